The van der Waals surface area contributed by atoms with Gasteiger partial charge in [-0.05, 0) is 11.1 Å². The van der Waals surface area contributed by atoms with Gasteiger partial charge in [0.2, 0.25) is 0 Å². The van der Waals surface area contributed by atoms with E-state index in [1.807, 2.05) is 0 Å². The Labute approximate surface area is 124 Å². The van der Waals surface area contributed by atoms with E-state index in [9.17, 15) is 22.3 Å². The van der Waals surface area contributed by atoms with Gasteiger partial charge < -0.3 is 5.11 Å². The highest BCUT2D eigenvalue weighted by Gasteiger charge is 2.51. The minimum atomic E-state index is -3.67. The predicted molar refractivity (Wildman–Crippen MR) is 76.5 cm³/mol. The Morgan fingerprint density at radius 3 is 2.48 bits per heavy atom. The number of rotatable bonds is 2. The Bertz CT molecular complexity index is 795. The molecular formula is C14H12F2O3S2. The molecule has 0 radical (unpaired) electrons. The van der Waals surface area contributed by atoms with Crippen LogP contribution in [0.4, 0.5) is 8.78 Å². The molecule has 0 bridgehead atoms. The minimum absolute atomic E-state index is 0.133. The number of halogens is 2. The average molecular weight is 330 g/mol. The third-order valence-corrected chi connectivity index (χ3v) is 6.62. The summed E-state index contributed by atoms with van der Waals surface area (Å²) in [5.74, 6) is -3.33. The molecule has 1 aromatic heterocycles. The van der Waals surface area contributed by atoms with Crippen molar-refractivity contribution < 1.29 is 22.3 Å². The first kappa shape index (κ1) is 14.6. The molecular weight excluding hydrogens is 318 g/mol. The molecule has 7 heteroatoms. The van der Waals surface area contributed by atoms with Crippen molar-refractivity contribution in [3.05, 3.63) is 41.5 Å². The lowest BCUT2D eigenvalue weighted by Crippen LogP contribution is -2.22. The summed E-state index contributed by atoms with van der Waals surface area (Å²) in [6.45, 7) is 0. The standard InChI is InChI=1S/C14H12F2O3S2/c1-21(18,19)13-10-9(7-14(15,16)12(10)17)11(20-13)8-5-3-2-4-6-8/h2-6,12,17H,7H2,1H3/t12-/m0/s1. The normalized spacial score (nSPS) is 20.5. The van der Waals surface area contributed by atoms with Crippen LogP contribution in [0.2, 0.25) is 0 Å². The van der Waals surface area contributed by atoms with Crippen LogP contribution in [-0.4, -0.2) is 25.7 Å². The molecule has 1 N–H and O–H groups in total. The van der Waals surface area contributed by atoms with E-state index >= 15 is 0 Å². The van der Waals surface area contributed by atoms with Crippen LogP contribution >= 0.6 is 11.3 Å². The lowest BCUT2D eigenvalue weighted by Gasteiger charge is -2.14. The molecule has 0 fully saturated rings. The maximum Gasteiger partial charge on any atom is 0.281 e. The minimum Gasteiger partial charge on any atom is -0.382 e. The summed E-state index contributed by atoms with van der Waals surface area (Å²) in [5, 5.41) is 9.81. The molecule has 0 amide bonds. The van der Waals surface area contributed by atoms with Crippen molar-refractivity contribution in [2.45, 2.75) is 22.7 Å². The van der Waals surface area contributed by atoms with Crippen molar-refractivity contribution in [1.29, 1.82) is 0 Å². The summed E-state index contributed by atoms with van der Waals surface area (Å²) in [6.07, 6.45) is -1.73. The Kier molecular flexibility index (Phi) is 3.20. The summed E-state index contributed by atoms with van der Waals surface area (Å²) < 4.78 is 51.1. The zero-order valence-electron chi connectivity index (χ0n) is 11.0. The second-order valence-electron chi connectivity index (χ2n) is 5.09. The zero-order valence-corrected chi connectivity index (χ0v) is 12.6. The molecule has 0 spiro atoms. The molecule has 0 saturated heterocycles. The number of aliphatic hydroxyl groups excluding tert-OH is 1. The first-order valence-electron chi connectivity index (χ1n) is 6.19. The fourth-order valence-corrected chi connectivity index (χ4v) is 5.13. The summed E-state index contributed by atoms with van der Waals surface area (Å²) >= 11 is 0.945. The van der Waals surface area contributed by atoms with Crippen molar-refractivity contribution in [3.8, 4) is 10.4 Å². The Balaban J connectivity index is 2.30. The van der Waals surface area contributed by atoms with Crippen molar-refractivity contribution in [1.82, 2.24) is 0 Å². The van der Waals surface area contributed by atoms with Gasteiger partial charge in [-0.1, -0.05) is 30.3 Å². The lowest BCUT2D eigenvalue weighted by atomic mass is 10.1. The summed E-state index contributed by atoms with van der Waals surface area (Å²) in [4.78, 5) is 0.488. The van der Waals surface area contributed by atoms with E-state index in [2.05, 4.69) is 0 Å². The van der Waals surface area contributed by atoms with Crippen molar-refractivity contribution in [2.75, 3.05) is 6.26 Å². The van der Waals surface area contributed by atoms with E-state index in [1.54, 1.807) is 30.3 Å². The molecule has 1 aromatic carbocycles. The van der Waals surface area contributed by atoms with Gasteiger partial charge in [-0.25, -0.2) is 17.2 Å². The Hall–Kier alpha value is -1.31. The number of hydrogen-bond donors (Lipinski definition) is 1. The van der Waals surface area contributed by atoms with E-state index in [1.165, 1.54) is 0 Å². The number of fused-ring (bicyclic) bond motifs is 1. The number of aliphatic hydroxyl groups is 1. The van der Waals surface area contributed by atoms with Gasteiger partial charge in [0.05, 0.1) is 0 Å². The van der Waals surface area contributed by atoms with Crippen LogP contribution in [0.5, 0.6) is 0 Å². The fraction of sp³-hybridized carbons (Fsp3) is 0.286. The number of sulfone groups is 1. The first-order valence-corrected chi connectivity index (χ1v) is 8.89. The number of benzene rings is 1. The van der Waals surface area contributed by atoms with E-state index in [0.29, 0.717) is 10.4 Å². The van der Waals surface area contributed by atoms with Gasteiger partial charge in [0.25, 0.3) is 5.92 Å². The molecule has 3 nitrogen and oxygen atoms in total. The molecule has 0 aliphatic heterocycles. The SMILES string of the molecule is CS(=O)(=O)c1sc(-c2ccccc2)c2c1[C@H](O)C(F)(F)C2. The van der Waals surface area contributed by atoms with Crippen LogP contribution < -0.4 is 0 Å². The van der Waals surface area contributed by atoms with E-state index in [-0.39, 0.29) is 15.3 Å². The van der Waals surface area contributed by atoms with Crippen LogP contribution in [0.1, 0.15) is 17.2 Å². The number of alkyl halides is 2. The van der Waals surface area contributed by atoms with Gasteiger partial charge in [0.1, 0.15) is 10.3 Å². The smallest absolute Gasteiger partial charge is 0.281 e. The number of hydrogen-bond acceptors (Lipinski definition) is 4. The summed E-state index contributed by atoms with van der Waals surface area (Å²) in [7, 11) is -3.67. The van der Waals surface area contributed by atoms with Gasteiger partial charge in [-0.2, -0.15) is 0 Å². The molecule has 3 rings (SSSR count). The highest BCUT2D eigenvalue weighted by molar-refractivity contribution is 7.92. The van der Waals surface area contributed by atoms with Gasteiger partial charge in [-0.15, -0.1) is 11.3 Å². The lowest BCUT2D eigenvalue weighted by molar-refractivity contribution is -0.0975. The quantitative estimate of drug-likeness (QED) is 0.921. The molecule has 21 heavy (non-hydrogen) atoms. The summed E-state index contributed by atoms with van der Waals surface area (Å²) in [5.41, 5.74) is 0.786. The Morgan fingerprint density at radius 1 is 1.29 bits per heavy atom. The van der Waals surface area contributed by atoms with Crippen LogP contribution in [-0.2, 0) is 16.3 Å². The highest BCUT2D eigenvalue weighted by Crippen LogP contribution is 2.53. The molecule has 1 aliphatic carbocycles. The molecule has 0 saturated carbocycles. The van der Waals surface area contributed by atoms with Crippen LogP contribution in [0, 0.1) is 0 Å². The Morgan fingerprint density at radius 2 is 1.90 bits per heavy atom. The van der Waals surface area contributed by atoms with Crippen LogP contribution in [0.15, 0.2) is 34.5 Å². The predicted octanol–water partition coefficient (Wildman–Crippen LogP) is 3.04. The van der Waals surface area contributed by atoms with Gasteiger partial charge in [0, 0.05) is 23.1 Å². The van der Waals surface area contributed by atoms with E-state index < -0.39 is 28.3 Å². The van der Waals surface area contributed by atoms with Crippen LogP contribution in [0.25, 0.3) is 10.4 Å². The third kappa shape index (κ3) is 2.29. The van der Waals surface area contributed by atoms with Gasteiger partial charge in [-0.3, -0.25) is 0 Å². The largest absolute Gasteiger partial charge is 0.382 e. The average Bonchev–Trinajstić information content (AvgIpc) is 2.86. The van der Waals surface area contributed by atoms with Crippen LogP contribution in [0.3, 0.4) is 0 Å². The maximum atomic E-state index is 13.8. The molecule has 2 aromatic rings. The van der Waals surface area contributed by atoms with Crippen molar-refractivity contribution >= 4 is 21.2 Å². The molecule has 0 unspecified atom stereocenters. The van der Waals surface area contributed by atoms with Gasteiger partial charge >= 0.3 is 0 Å². The van der Waals surface area contributed by atoms with E-state index in [4.69, 9.17) is 0 Å². The third-order valence-electron chi connectivity index (χ3n) is 3.47. The summed E-state index contributed by atoms with van der Waals surface area (Å²) in [6, 6.07) is 8.77. The highest BCUT2D eigenvalue weighted by atomic mass is 32.2. The zero-order chi connectivity index (χ0) is 15.4. The van der Waals surface area contributed by atoms with Gasteiger partial charge in [0.15, 0.2) is 9.84 Å². The fourth-order valence-electron chi connectivity index (χ4n) is 2.55. The molecule has 1 aliphatic rings. The topological polar surface area (TPSA) is 54.4 Å². The monoisotopic (exact) mass is 330 g/mol. The number of thiophene rings is 1. The molecule has 112 valence electrons. The second-order valence-corrected chi connectivity index (χ2v) is 8.32. The molecule has 1 heterocycles. The van der Waals surface area contributed by atoms with Crippen molar-refractivity contribution in [3.63, 3.8) is 0 Å². The first-order chi connectivity index (χ1) is 9.72. The van der Waals surface area contributed by atoms with Crippen molar-refractivity contribution in [2.24, 2.45) is 0 Å². The molecule has 1 atom stereocenters. The van der Waals surface area contributed by atoms with E-state index in [0.717, 1.165) is 17.6 Å². The second kappa shape index (κ2) is 4.59. The maximum absolute atomic E-state index is 13.8.